The van der Waals surface area contributed by atoms with E-state index in [1.807, 2.05) is 0 Å². The standard InChI is InChI=1S/C33H30ClN3O6S/c1-41-24-13-9-21(10-14-24)17-28(37-32(39)22-7-5-4-6-8-22)33(40)35-23-11-15-25(16-12-23)44-20-31(38)36-27-18-26(34)29(42-2)19-30(27)43-3/h4-19H,20H2,1-3H3,(H,35,40)(H,36,38)(H,37,39)/b28-17-. The van der Waals surface area contributed by atoms with Gasteiger partial charge < -0.3 is 30.2 Å². The summed E-state index contributed by atoms with van der Waals surface area (Å²) in [6, 6.07) is 25.9. The molecule has 4 aromatic rings. The monoisotopic (exact) mass is 631 g/mol. The van der Waals surface area contributed by atoms with Crippen molar-refractivity contribution in [2.75, 3.05) is 37.7 Å². The maximum absolute atomic E-state index is 13.3. The average Bonchev–Trinajstić information content (AvgIpc) is 3.05. The number of thioether (sulfide) groups is 1. The van der Waals surface area contributed by atoms with Crippen LogP contribution in [-0.4, -0.2) is 44.8 Å². The zero-order valence-corrected chi connectivity index (χ0v) is 25.8. The van der Waals surface area contributed by atoms with Crippen molar-refractivity contribution in [2.24, 2.45) is 0 Å². The number of halogens is 1. The first-order valence-corrected chi connectivity index (χ1v) is 14.6. The van der Waals surface area contributed by atoms with Crippen LogP contribution < -0.4 is 30.2 Å². The van der Waals surface area contributed by atoms with Gasteiger partial charge in [0.05, 0.1) is 37.8 Å². The van der Waals surface area contributed by atoms with E-state index in [1.54, 1.807) is 104 Å². The molecule has 0 radical (unpaired) electrons. The lowest BCUT2D eigenvalue weighted by Gasteiger charge is -2.13. The Morgan fingerprint density at radius 2 is 1.48 bits per heavy atom. The lowest BCUT2D eigenvalue weighted by atomic mass is 10.1. The second-order valence-corrected chi connectivity index (χ2v) is 10.6. The average molecular weight is 632 g/mol. The van der Waals surface area contributed by atoms with Gasteiger partial charge in [-0.15, -0.1) is 11.8 Å². The topological polar surface area (TPSA) is 115 Å². The Bertz CT molecular complexity index is 1650. The van der Waals surface area contributed by atoms with Crippen molar-refractivity contribution < 1.29 is 28.6 Å². The molecule has 3 N–H and O–H groups in total. The summed E-state index contributed by atoms with van der Waals surface area (Å²) >= 11 is 7.51. The number of ether oxygens (including phenoxy) is 3. The smallest absolute Gasteiger partial charge is 0.272 e. The lowest BCUT2D eigenvalue weighted by Crippen LogP contribution is -2.30. The normalized spacial score (nSPS) is 10.9. The fraction of sp³-hybridized carbons (Fsp3) is 0.121. The van der Waals surface area contributed by atoms with E-state index in [2.05, 4.69) is 16.0 Å². The van der Waals surface area contributed by atoms with E-state index in [-0.39, 0.29) is 17.4 Å². The van der Waals surface area contributed by atoms with Crippen LogP contribution >= 0.6 is 23.4 Å². The number of amides is 3. The highest BCUT2D eigenvalue weighted by molar-refractivity contribution is 8.00. The molecule has 226 valence electrons. The maximum atomic E-state index is 13.3. The van der Waals surface area contributed by atoms with Crippen molar-refractivity contribution in [1.29, 1.82) is 0 Å². The molecule has 0 saturated heterocycles. The predicted octanol–water partition coefficient (Wildman–Crippen LogP) is 6.51. The molecule has 44 heavy (non-hydrogen) atoms. The third-order valence-electron chi connectivity index (χ3n) is 6.19. The summed E-state index contributed by atoms with van der Waals surface area (Å²) in [5, 5.41) is 8.68. The molecule has 9 nitrogen and oxygen atoms in total. The number of rotatable bonds is 12. The van der Waals surface area contributed by atoms with Gasteiger partial charge >= 0.3 is 0 Å². The van der Waals surface area contributed by atoms with E-state index in [0.717, 1.165) is 4.90 Å². The van der Waals surface area contributed by atoms with E-state index < -0.39 is 11.8 Å². The Hall–Kier alpha value is -4.93. The molecule has 4 rings (SSSR count). The Balaban J connectivity index is 1.40. The Kier molecular flexibility index (Phi) is 11.3. The highest BCUT2D eigenvalue weighted by atomic mass is 35.5. The van der Waals surface area contributed by atoms with Crippen LogP contribution in [0.15, 0.2) is 102 Å². The number of anilines is 2. The first-order valence-electron chi connectivity index (χ1n) is 13.3. The third-order valence-corrected chi connectivity index (χ3v) is 7.49. The van der Waals surface area contributed by atoms with E-state index in [9.17, 15) is 14.4 Å². The summed E-state index contributed by atoms with van der Waals surface area (Å²) in [4.78, 5) is 39.6. The molecule has 0 unspecified atom stereocenters. The van der Waals surface area contributed by atoms with Gasteiger partial charge in [0, 0.05) is 22.2 Å². The molecule has 0 heterocycles. The van der Waals surface area contributed by atoms with Crippen LogP contribution in [0.4, 0.5) is 11.4 Å². The van der Waals surface area contributed by atoms with Crippen LogP contribution in [0.1, 0.15) is 15.9 Å². The second kappa shape index (κ2) is 15.5. The highest BCUT2D eigenvalue weighted by Gasteiger charge is 2.16. The van der Waals surface area contributed by atoms with Gasteiger partial charge in [0.2, 0.25) is 5.91 Å². The maximum Gasteiger partial charge on any atom is 0.272 e. The van der Waals surface area contributed by atoms with Gasteiger partial charge in [-0.1, -0.05) is 41.9 Å². The summed E-state index contributed by atoms with van der Waals surface area (Å²) in [5.74, 6) is 0.474. The first-order chi connectivity index (χ1) is 21.3. The van der Waals surface area contributed by atoms with E-state index >= 15 is 0 Å². The molecule has 0 aliphatic heterocycles. The zero-order chi connectivity index (χ0) is 31.5. The van der Waals surface area contributed by atoms with Gasteiger partial charge in [-0.05, 0) is 66.2 Å². The minimum atomic E-state index is -0.503. The van der Waals surface area contributed by atoms with E-state index in [0.29, 0.717) is 44.8 Å². The van der Waals surface area contributed by atoms with Crippen LogP contribution in [0.5, 0.6) is 17.2 Å². The fourth-order valence-corrected chi connectivity index (χ4v) is 4.87. The van der Waals surface area contributed by atoms with Crippen molar-refractivity contribution >= 4 is 58.5 Å². The molecule has 11 heteroatoms. The number of benzene rings is 4. The number of hydrogen-bond donors (Lipinski definition) is 3. The van der Waals surface area contributed by atoms with Gasteiger partial charge in [0.1, 0.15) is 22.9 Å². The Morgan fingerprint density at radius 3 is 2.11 bits per heavy atom. The molecule has 0 aliphatic rings. The number of methoxy groups -OCH3 is 3. The van der Waals surface area contributed by atoms with Crippen LogP contribution in [0.25, 0.3) is 6.08 Å². The summed E-state index contributed by atoms with van der Waals surface area (Å²) < 4.78 is 15.7. The minimum Gasteiger partial charge on any atom is -0.497 e. The number of nitrogens with one attached hydrogen (secondary N) is 3. The largest absolute Gasteiger partial charge is 0.497 e. The van der Waals surface area contributed by atoms with Gasteiger partial charge in [-0.3, -0.25) is 14.4 Å². The quantitative estimate of drug-likeness (QED) is 0.121. The molecule has 0 bridgehead atoms. The van der Waals surface area contributed by atoms with Gasteiger partial charge in [-0.2, -0.15) is 0 Å². The van der Waals surface area contributed by atoms with Crippen LogP contribution in [0, 0.1) is 0 Å². The lowest BCUT2D eigenvalue weighted by molar-refractivity contribution is -0.114. The van der Waals surface area contributed by atoms with Crippen LogP contribution in [0.2, 0.25) is 5.02 Å². The van der Waals surface area contributed by atoms with Crippen molar-refractivity contribution in [3.05, 3.63) is 113 Å². The number of carbonyl (C=O) groups is 3. The van der Waals surface area contributed by atoms with Crippen molar-refractivity contribution in [2.45, 2.75) is 4.90 Å². The first kappa shape index (κ1) is 32.0. The second-order valence-electron chi connectivity index (χ2n) is 9.15. The molecular formula is C33H30ClN3O6S. The van der Waals surface area contributed by atoms with Crippen molar-refractivity contribution in [3.63, 3.8) is 0 Å². The van der Waals surface area contributed by atoms with Gasteiger partial charge in [0.15, 0.2) is 0 Å². The third kappa shape index (κ3) is 8.79. The molecule has 0 atom stereocenters. The summed E-state index contributed by atoms with van der Waals surface area (Å²) in [6.07, 6.45) is 1.59. The summed E-state index contributed by atoms with van der Waals surface area (Å²) in [5.41, 5.74) is 2.12. The van der Waals surface area contributed by atoms with E-state index in [1.165, 1.54) is 26.0 Å². The molecule has 0 spiro atoms. The molecular weight excluding hydrogens is 602 g/mol. The number of hydrogen-bond acceptors (Lipinski definition) is 7. The number of carbonyl (C=O) groups excluding carboxylic acids is 3. The highest BCUT2D eigenvalue weighted by Crippen LogP contribution is 2.36. The predicted molar refractivity (Wildman–Crippen MR) is 174 cm³/mol. The SMILES string of the molecule is COc1ccc(/C=C(\NC(=O)c2ccccc2)C(=O)Nc2ccc(SCC(=O)Nc3cc(Cl)c(OC)cc3OC)cc2)cc1. The molecule has 0 saturated carbocycles. The molecule has 3 amide bonds. The van der Waals surface area contributed by atoms with Gasteiger partial charge in [-0.25, -0.2) is 0 Å². The summed E-state index contributed by atoms with van der Waals surface area (Å²) in [6.45, 7) is 0. The van der Waals surface area contributed by atoms with Crippen LogP contribution in [0.3, 0.4) is 0 Å². The summed E-state index contributed by atoms with van der Waals surface area (Å²) in [7, 11) is 4.55. The van der Waals surface area contributed by atoms with Crippen molar-refractivity contribution in [1.82, 2.24) is 5.32 Å². The molecule has 4 aromatic carbocycles. The molecule has 0 aromatic heterocycles. The van der Waals surface area contributed by atoms with Gasteiger partial charge in [0.25, 0.3) is 11.8 Å². The molecule has 0 fully saturated rings. The Labute approximate surface area is 264 Å². The fourth-order valence-electron chi connectivity index (χ4n) is 3.94. The Morgan fingerprint density at radius 1 is 0.795 bits per heavy atom. The van der Waals surface area contributed by atoms with E-state index in [4.69, 9.17) is 25.8 Å². The molecule has 0 aliphatic carbocycles. The van der Waals surface area contributed by atoms with Crippen LogP contribution in [-0.2, 0) is 9.59 Å². The zero-order valence-electron chi connectivity index (χ0n) is 24.2. The van der Waals surface area contributed by atoms with Crippen molar-refractivity contribution in [3.8, 4) is 17.2 Å². The minimum absolute atomic E-state index is 0.0632.